The van der Waals surface area contributed by atoms with E-state index in [1.165, 1.54) is 6.92 Å². The zero-order valence-electron chi connectivity index (χ0n) is 15.1. The van der Waals surface area contributed by atoms with Gasteiger partial charge in [0.15, 0.2) is 11.5 Å². The number of hydrogen-bond acceptors (Lipinski definition) is 5. The maximum Gasteiger partial charge on any atom is 0.239 e. The zero-order valence-corrected chi connectivity index (χ0v) is 15.1. The predicted molar refractivity (Wildman–Crippen MR) is 99.5 cm³/mol. The standard InChI is InChI=1S/C20H21N3O3/c1-11-6-14(4-5-17(11)21)20-16-9-19-18(25-10-26-19)8-15(16)7-12(2)23(22-20)13(3)24/h4-6,8-9,12H,7,10,21H2,1-3H3. The quantitative estimate of drug-likeness (QED) is 0.802. The second kappa shape index (κ2) is 6.05. The Labute approximate surface area is 152 Å². The Hall–Kier alpha value is -3.02. The molecular formula is C20H21N3O3. The van der Waals surface area contributed by atoms with Crippen LogP contribution in [0.5, 0.6) is 11.5 Å². The van der Waals surface area contributed by atoms with Gasteiger partial charge in [0.1, 0.15) is 0 Å². The van der Waals surface area contributed by atoms with Crippen LogP contribution in [0.25, 0.3) is 0 Å². The number of amides is 1. The Morgan fingerprint density at radius 3 is 2.65 bits per heavy atom. The minimum absolute atomic E-state index is 0.0565. The Bertz CT molecular complexity index is 936. The van der Waals surface area contributed by atoms with E-state index < -0.39 is 0 Å². The Morgan fingerprint density at radius 2 is 1.96 bits per heavy atom. The van der Waals surface area contributed by atoms with Crippen molar-refractivity contribution in [2.45, 2.75) is 33.2 Å². The molecule has 2 aromatic rings. The van der Waals surface area contributed by atoms with E-state index in [0.29, 0.717) is 12.2 Å². The monoisotopic (exact) mass is 351 g/mol. The molecule has 6 nitrogen and oxygen atoms in total. The summed E-state index contributed by atoms with van der Waals surface area (Å²) in [6.07, 6.45) is 0.687. The number of nitrogen functional groups attached to an aromatic ring is 1. The summed E-state index contributed by atoms with van der Waals surface area (Å²) in [4.78, 5) is 12.2. The molecule has 0 bridgehead atoms. The highest BCUT2D eigenvalue weighted by Crippen LogP contribution is 2.37. The van der Waals surface area contributed by atoms with Crippen molar-refractivity contribution in [1.82, 2.24) is 5.01 Å². The fourth-order valence-electron chi connectivity index (χ4n) is 3.46. The molecule has 1 atom stereocenters. The van der Waals surface area contributed by atoms with E-state index in [1.54, 1.807) is 5.01 Å². The molecule has 0 radical (unpaired) electrons. The number of benzene rings is 2. The SMILES string of the molecule is CC(=O)N1N=C(c2ccc(N)c(C)c2)c2cc3c(cc2CC1C)OCO3. The van der Waals surface area contributed by atoms with Gasteiger partial charge in [-0.25, -0.2) is 5.01 Å². The van der Waals surface area contributed by atoms with Crippen molar-refractivity contribution in [1.29, 1.82) is 0 Å². The van der Waals surface area contributed by atoms with E-state index in [2.05, 4.69) is 0 Å². The summed E-state index contributed by atoms with van der Waals surface area (Å²) in [5, 5.41) is 6.28. The molecule has 2 aliphatic rings. The van der Waals surface area contributed by atoms with Crippen molar-refractivity contribution in [3.05, 3.63) is 52.6 Å². The van der Waals surface area contributed by atoms with Crippen molar-refractivity contribution in [2.24, 2.45) is 5.10 Å². The third kappa shape index (κ3) is 2.67. The third-order valence-electron chi connectivity index (χ3n) is 4.86. The average Bonchev–Trinajstić information content (AvgIpc) is 2.99. The number of carbonyl (C=O) groups is 1. The van der Waals surface area contributed by atoms with Crippen LogP contribution in [0, 0.1) is 6.92 Å². The lowest BCUT2D eigenvalue weighted by Crippen LogP contribution is -2.33. The third-order valence-corrected chi connectivity index (χ3v) is 4.86. The van der Waals surface area contributed by atoms with Gasteiger partial charge in [0.05, 0.1) is 11.8 Å². The topological polar surface area (TPSA) is 77.2 Å². The average molecular weight is 351 g/mol. The maximum absolute atomic E-state index is 12.2. The van der Waals surface area contributed by atoms with Crippen LogP contribution in [0.1, 0.15) is 36.1 Å². The van der Waals surface area contributed by atoms with Gasteiger partial charge in [-0.15, -0.1) is 0 Å². The van der Waals surface area contributed by atoms with E-state index in [-0.39, 0.29) is 18.7 Å². The first kappa shape index (κ1) is 16.4. The van der Waals surface area contributed by atoms with E-state index in [0.717, 1.165) is 39.4 Å². The molecule has 0 spiro atoms. The molecule has 26 heavy (non-hydrogen) atoms. The van der Waals surface area contributed by atoms with Crippen LogP contribution in [-0.2, 0) is 11.2 Å². The number of hydrazone groups is 1. The molecule has 1 amide bonds. The largest absolute Gasteiger partial charge is 0.454 e. The number of hydrogen-bond donors (Lipinski definition) is 1. The second-order valence-corrected chi connectivity index (χ2v) is 6.80. The number of rotatable bonds is 1. The van der Waals surface area contributed by atoms with Gasteiger partial charge in [0.2, 0.25) is 12.7 Å². The zero-order chi connectivity index (χ0) is 18.4. The second-order valence-electron chi connectivity index (χ2n) is 6.80. The summed E-state index contributed by atoms with van der Waals surface area (Å²) in [6.45, 7) is 5.72. The summed E-state index contributed by atoms with van der Waals surface area (Å²) in [5.41, 5.74) is 11.4. The van der Waals surface area contributed by atoms with Crippen LogP contribution in [-0.4, -0.2) is 29.5 Å². The first-order valence-electron chi connectivity index (χ1n) is 8.62. The number of carbonyl (C=O) groups excluding carboxylic acids is 1. The number of nitrogens with zero attached hydrogens (tertiary/aromatic N) is 2. The van der Waals surface area contributed by atoms with Gasteiger partial charge in [0, 0.05) is 23.7 Å². The molecule has 2 aromatic carbocycles. The van der Waals surface area contributed by atoms with Crippen LogP contribution in [0.15, 0.2) is 35.4 Å². The molecule has 2 heterocycles. The summed E-state index contributed by atoms with van der Waals surface area (Å²) in [7, 11) is 0. The summed E-state index contributed by atoms with van der Waals surface area (Å²) in [6, 6.07) is 9.70. The van der Waals surface area contributed by atoms with Crippen LogP contribution < -0.4 is 15.2 Å². The minimum Gasteiger partial charge on any atom is -0.454 e. The highest BCUT2D eigenvalue weighted by molar-refractivity contribution is 6.14. The van der Waals surface area contributed by atoms with Gasteiger partial charge in [-0.05, 0) is 55.7 Å². The molecule has 2 N–H and O–H groups in total. The molecule has 0 saturated heterocycles. The Morgan fingerprint density at radius 1 is 1.23 bits per heavy atom. The molecule has 6 heteroatoms. The molecule has 4 rings (SSSR count). The van der Waals surface area contributed by atoms with Gasteiger partial charge in [-0.2, -0.15) is 5.10 Å². The van der Waals surface area contributed by atoms with Gasteiger partial charge in [0.25, 0.3) is 0 Å². The molecule has 0 aromatic heterocycles. The minimum atomic E-state index is -0.0879. The smallest absolute Gasteiger partial charge is 0.239 e. The molecule has 0 saturated carbocycles. The van der Waals surface area contributed by atoms with Gasteiger partial charge < -0.3 is 15.2 Å². The molecule has 134 valence electrons. The van der Waals surface area contributed by atoms with Crippen molar-refractivity contribution in [2.75, 3.05) is 12.5 Å². The van der Waals surface area contributed by atoms with Crippen molar-refractivity contribution in [3.63, 3.8) is 0 Å². The summed E-state index contributed by atoms with van der Waals surface area (Å²) < 4.78 is 11.1. The number of aryl methyl sites for hydroxylation is 1. The number of anilines is 1. The Kier molecular flexibility index (Phi) is 3.83. The normalized spacial score (nSPS) is 18.2. The highest BCUT2D eigenvalue weighted by atomic mass is 16.7. The maximum atomic E-state index is 12.2. The van der Waals surface area contributed by atoms with E-state index in [9.17, 15) is 4.79 Å². The molecule has 2 aliphatic heterocycles. The first-order chi connectivity index (χ1) is 12.4. The highest BCUT2D eigenvalue weighted by Gasteiger charge is 2.28. The lowest BCUT2D eigenvalue weighted by molar-refractivity contribution is -0.130. The molecular weight excluding hydrogens is 330 g/mol. The van der Waals surface area contributed by atoms with Gasteiger partial charge in [-0.3, -0.25) is 4.79 Å². The predicted octanol–water partition coefficient (Wildman–Crippen LogP) is 2.85. The van der Waals surface area contributed by atoms with Crippen LogP contribution in [0.2, 0.25) is 0 Å². The van der Waals surface area contributed by atoms with Crippen LogP contribution >= 0.6 is 0 Å². The Balaban J connectivity index is 1.94. The van der Waals surface area contributed by atoms with Crippen molar-refractivity contribution in [3.8, 4) is 11.5 Å². The summed E-state index contributed by atoms with van der Waals surface area (Å²) in [5.74, 6) is 1.35. The van der Waals surface area contributed by atoms with E-state index in [1.807, 2.05) is 44.2 Å². The molecule has 0 fully saturated rings. The lowest BCUT2D eigenvalue weighted by Gasteiger charge is -2.21. The number of ether oxygens (including phenoxy) is 2. The van der Waals surface area contributed by atoms with Gasteiger partial charge in [-0.1, -0.05) is 6.07 Å². The fraction of sp³-hybridized carbons (Fsp3) is 0.300. The summed E-state index contributed by atoms with van der Waals surface area (Å²) >= 11 is 0. The molecule has 1 unspecified atom stereocenters. The van der Waals surface area contributed by atoms with Crippen LogP contribution in [0.4, 0.5) is 5.69 Å². The lowest BCUT2D eigenvalue weighted by atomic mass is 9.93. The first-order valence-corrected chi connectivity index (χ1v) is 8.62. The van der Waals surface area contributed by atoms with E-state index >= 15 is 0 Å². The molecule has 0 aliphatic carbocycles. The fourth-order valence-corrected chi connectivity index (χ4v) is 3.46. The van der Waals surface area contributed by atoms with Crippen molar-refractivity contribution < 1.29 is 14.3 Å². The van der Waals surface area contributed by atoms with E-state index in [4.69, 9.17) is 20.3 Å². The van der Waals surface area contributed by atoms with Gasteiger partial charge >= 0.3 is 0 Å². The van der Waals surface area contributed by atoms with Crippen molar-refractivity contribution >= 4 is 17.3 Å². The number of fused-ring (bicyclic) bond motifs is 2. The number of nitrogens with two attached hydrogens (primary N) is 1. The van der Waals surface area contributed by atoms with Crippen LogP contribution in [0.3, 0.4) is 0 Å².